The number of carbonyl (C=O) groups excluding carboxylic acids is 1. The number of nitrogens with two attached hydrogens (primary N) is 1. The Morgan fingerprint density at radius 1 is 1.30 bits per heavy atom. The summed E-state index contributed by atoms with van der Waals surface area (Å²) >= 11 is 0. The molecule has 2 aliphatic carbocycles. The van der Waals surface area contributed by atoms with Gasteiger partial charge in [-0.15, -0.1) is 0 Å². The van der Waals surface area contributed by atoms with Crippen molar-refractivity contribution in [1.82, 2.24) is 0 Å². The Hall–Kier alpha value is -1.92. The molecule has 1 atom stereocenters. The molecule has 2 aliphatic rings. The van der Waals surface area contributed by atoms with Crippen molar-refractivity contribution in [2.45, 2.75) is 38.8 Å². The molecule has 0 spiro atoms. The molecule has 1 unspecified atom stereocenters. The summed E-state index contributed by atoms with van der Waals surface area (Å²) in [6.07, 6.45) is -4.63. The summed E-state index contributed by atoms with van der Waals surface area (Å²) in [6.45, 7) is 1.69. The van der Waals surface area contributed by atoms with Crippen LogP contribution in [0, 0.1) is 17.0 Å². The molecule has 0 fully saturated rings. The maximum atomic E-state index is 14.3. The Kier molecular flexibility index (Phi) is 3.32. The fourth-order valence-corrected chi connectivity index (χ4v) is 3.79. The van der Waals surface area contributed by atoms with Gasteiger partial charge in [-0.2, -0.15) is 13.2 Å². The largest absolute Gasteiger partial charge is 0.420 e. The molecule has 7 heteroatoms. The molecule has 124 valence electrons. The van der Waals surface area contributed by atoms with Crippen LogP contribution in [0.25, 0.3) is 5.57 Å². The van der Waals surface area contributed by atoms with Crippen molar-refractivity contribution < 1.29 is 26.7 Å². The van der Waals surface area contributed by atoms with Gasteiger partial charge in [-0.05, 0) is 42.0 Å². The molecule has 0 saturated heterocycles. The summed E-state index contributed by atoms with van der Waals surface area (Å²) in [5.41, 5.74) is 1.89. The fourth-order valence-electron chi connectivity index (χ4n) is 3.79. The molecule has 0 heterocycles. The van der Waals surface area contributed by atoms with Gasteiger partial charge in [0.05, 0.1) is 0 Å². The number of fused-ring (bicyclic) bond motifs is 3. The van der Waals surface area contributed by atoms with E-state index < -0.39 is 40.3 Å². The van der Waals surface area contributed by atoms with E-state index in [1.165, 1.54) is 0 Å². The van der Waals surface area contributed by atoms with E-state index in [0.29, 0.717) is 6.42 Å². The summed E-state index contributed by atoms with van der Waals surface area (Å²) in [6, 6.07) is 0.824. The van der Waals surface area contributed by atoms with E-state index in [0.717, 1.165) is 6.07 Å². The van der Waals surface area contributed by atoms with Gasteiger partial charge in [0.15, 0.2) is 11.6 Å². The van der Waals surface area contributed by atoms with Crippen molar-refractivity contribution >= 4 is 17.0 Å². The molecule has 0 aromatic heterocycles. The predicted octanol–water partition coefficient (Wildman–Crippen LogP) is 4.18. The van der Waals surface area contributed by atoms with Crippen LogP contribution < -0.4 is 5.73 Å². The molecule has 2 N–H and O–H groups in total. The summed E-state index contributed by atoms with van der Waals surface area (Å²) in [5, 5.41) is 0. The first-order valence-electron chi connectivity index (χ1n) is 7.24. The van der Waals surface area contributed by atoms with E-state index in [2.05, 4.69) is 0 Å². The lowest BCUT2D eigenvalue weighted by molar-refractivity contribution is -0.130. The van der Waals surface area contributed by atoms with Crippen LogP contribution in [0.15, 0.2) is 11.6 Å². The standard InChI is InChI=1S/C16H14F5NO/c1-2-15-4-3-10(23)12(16(19,20)21)11(15)7-5-9(17)14(22)13(18)8(7)6-15/h5H,2-4,6,22H2,1H3. The first-order valence-corrected chi connectivity index (χ1v) is 7.24. The number of halogens is 5. The van der Waals surface area contributed by atoms with Crippen molar-refractivity contribution in [2.75, 3.05) is 5.73 Å². The van der Waals surface area contributed by atoms with Crippen LogP contribution in [0.5, 0.6) is 0 Å². The smallest absolute Gasteiger partial charge is 0.394 e. The Morgan fingerprint density at radius 3 is 2.52 bits per heavy atom. The number of alkyl halides is 3. The molecule has 0 saturated carbocycles. The van der Waals surface area contributed by atoms with Crippen molar-refractivity contribution in [3.63, 3.8) is 0 Å². The second kappa shape index (κ2) is 4.79. The predicted molar refractivity (Wildman–Crippen MR) is 74.4 cm³/mol. The summed E-state index contributed by atoms with van der Waals surface area (Å²) in [7, 11) is 0. The lowest BCUT2D eigenvalue weighted by atomic mass is 9.68. The summed E-state index contributed by atoms with van der Waals surface area (Å²) in [5.74, 6) is -3.16. The molecule has 0 bridgehead atoms. The summed E-state index contributed by atoms with van der Waals surface area (Å²) in [4.78, 5) is 11.9. The summed E-state index contributed by atoms with van der Waals surface area (Å²) < 4.78 is 68.3. The van der Waals surface area contributed by atoms with E-state index in [9.17, 15) is 26.7 Å². The highest BCUT2D eigenvalue weighted by Crippen LogP contribution is 2.58. The SMILES string of the molecule is CCC12CCC(=O)C(C(F)(F)F)=C1c1cc(F)c(N)c(F)c1C2. The van der Waals surface area contributed by atoms with Crippen molar-refractivity contribution in [3.05, 3.63) is 34.4 Å². The number of carbonyl (C=O) groups is 1. The van der Waals surface area contributed by atoms with Crippen LogP contribution in [-0.2, 0) is 11.2 Å². The van der Waals surface area contributed by atoms with Gasteiger partial charge in [0.2, 0.25) is 0 Å². The van der Waals surface area contributed by atoms with Crippen LogP contribution in [0.2, 0.25) is 0 Å². The monoisotopic (exact) mass is 331 g/mol. The Morgan fingerprint density at radius 2 is 1.96 bits per heavy atom. The molecule has 0 amide bonds. The van der Waals surface area contributed by atoms with E-state index >= 15 is 0 Å². The van der Waals surface area contributed by atoms with Crippen LogP contribution in [0.4, 0.5) is 27.6 Å². The highest BCUT2D eigenvalue weighted by Gasteiger charge is 2.53. The number of nitrogen functional groups attached to an aromatic ring is 1. The minimum absolute atomic E-state index is 0.00264. The minimum Gasteiger partial charge on any atom is -0.394 e. The fraction of sp³-hybridized carbons (Fsp3) is 0.438. The second-order valence-corrected chi connectivity index (χ2v) is 6.09. The number of anilines is 1. The van der Waals surface area contributed by atoms with Crippen LogP contribution in [0.3, 0.4) is 0 Å². The number of Topliss-reactive ketones (excluding diaryl/α,β-unsaturated/α-hetero) is 1. The van der Waals surface area contributed by atoms with E-state index in [-0.39, 0.29) is 36.0 Å². The first-order chi connectivity index (χ1) is 10.6. The van der Waals surface area contributed by atoms with Gasteiger partial charge in [0.1, 0.15) is 17.1 Å². The highest BCUT2D eigenvalue weighted by molar-refractivity contribution is 6.07. The number of rotatable bonds is 1. The van der Waals surface area contributed by atoms with Crippen LogP contribution >= 0.6 is 0 Å². The maximum absolute atomic E-state index is 14.3. The Balaban J connectivity index is 2.41. The molecular formula is C16H14F5NO. The van der Waals surface area contributed by atoms with Gasteiger partial charge in [-0.1, -0.05) is 6.92 Å². The molecule has 3 rings (SSSR count). The lowest BCUT2D eigenvalue weighted by Crippen LogP contribution is -2.33. The first kappa shape index (κ1) is 16.0. The normalized spacial score (nSPS) is 24.0. The number of hydrogen-bond donors (Lipinski definition) is 1. The number of ketones is 1. The van der Waals surface area contributed by atoms with Crippen molar-refractivity contribution in [2.24, 2.45) is 5.41 Å². The Labute approximate surface area is 129 Å². The third-order valence-corrected chi connectivity index (χ3v) is 4.99. The Bertz CT molecular complexity index is 750. The molecule has 0 aliphatic heterocycles. The van der Waals surface area contributed by atoms with Crippen molar-refractivity contribution in [3.8, 4) is 0 Å². The zero-order chi connectivity index (χ0) is 17.2. The minimum atomic E-state index is -4.86. The number of allylic oxidation sites excluding steroid dienone is 2. The second-order valence-electron chi connectivity index (χ2n) is 6.09. The van der Waals surface area contributed by atoms with Gasteiger partial charge in [0.25, 0.3) is 0 Å². The van der Waals surface area contributed by atoms with Gasteiger partial charge < -0.3 is 5.73 Å². The van der Waals surface area contributed by atoms with Gasteiger partial charge in [-0.25, -0.2) is 8.78 Å². The average molecular weight is 331 g/mol. The molecule has 1 aromatic rings. The van der Waals surface area contributed by atoms with E-state index in [1.54, 1.807) is 6.92 Å². The van der Waals surface area contributed by atoms with Crippen molar-refractivity contribution in [1.29, 1.82) is 0 Å². The van der Waals surface area contributed by atoms with E-state index in [4.69, 9.17) is 5.73 Å². The molecule has 2 nitrogen and oxygen atoms in total. The van der Waals surface area contributed by atoms with Gasteiger partial charge in [0, 0.05) is 11.8 Å². The zero-order valence-electron chi connectivity index (χ0n) is 12.3. The van der Waals surface area contributed by atoms with Crippen LogP contribution in [0.1, 0.15) is 37.3 Å². The highest BCUT2D eigenvalue weighted by atomic mass is 19.4. The maximum Gasteiger partial charge on any atom is 0.420 e. The molecule has 0 radical (unpaired) electrons. The molecular weight excluding hydrogens is 317 g/mol. The zero-order valence-corrected chi connectivity index (χ0v) is 12.3. The number of benzene rings is 1. The molecule has 1 aromatic carbocycles. The third kappa shape index (κ3) is 2.09. The van der Waals surface area contributed by atoms with Gasteiger partial charge in [-0.3, -0.25) is 4.79 Å². The quantitative estimate of drug-likeness (QED) is 0.620. The third-order valence-electron chi connectivity index (χ3n) is 4.99. The average Bonchev–Trinajstić information content (AvgIpc) is 2.79. The topological polar surface area (TPSA) is 43.1 Å². The molecule has 23 heavy (non-hydrogen) atoms. The van der Waals surface area contributed by atoms with Crippen LogP contribution in [-0.4, -0.2) is 12.0 Å². The van der Waals surface area contributed by atoms with Gasteiger partial charge >= 0.3 is 6.18 Å². The van der Waals surface area contributed by atoms with E-state index in [1.807, 2.05) is 0 Å². The number of hydrogen-bond acceptors (Lipinski definition) is 2. The lowest BCUT2D eigenvalue weighted by Gasteiger charge is -2.35.